The molecule has 2 rings (SSSR count). The van der Waals surface area contributed by atoms with Gasteiger partial charge in [-0.1, -0.05) is 36.8 Å². The van der Waals surface area contributed by atoms with Crippen LogP contribution in [0.25, 0.3) is 0 Å². The number of aliphatic hydroxyl groups excluding tert-OH is 1. The second kappa shape index (κ2) is 9.81. The van der Waals surface area contributed by atoms with Crippen LogP contribution in [0.4, 0.5) is 5.69 Å². The summed E-state index contributed by atoms with van der Waals surface area (Å²) >= 11 is 0. The fraction of sp³-hybridized carbons (Fsp3) is 0.350. The standard InChI is InChI=1S/C20H26N2O3/c1-3-17(13-23)21-12-16-6-10-19(11-7-16)25-14-20(24)22-18-8-4-15(2)5-9-18/h4-11,17,21,23H,3,12-14H2,1-2H3,(H,22,24)/t17-/m0/s1. The van der Waals surface area contributed by atoms with Crippen LogP contribution in [0.15, 0.2) is 48.5 Å². The highest BCUT2D eigenvalue weighted by Gasteiger charge is 2.05. The Kier molecular flexibility index (Phi) is 7.44. The van der Waals surface area contributed by atoms with Gasteiger partial charge in [0, 0.05) is 18.3 Å². The van der Waals surface area contributed by atoms with Crippen molar-refractivity contribution in [2.45, 2.75) is 32.9 Å². The fourth-order valence-corrected chi connectivity index (χ4v) is 2.29. The minimum Gasteiger partial charge on any atom is -0.484 e. The van der Waals surface area contributed by atoms with Crippen molar-refractivity contribution < 1.29 is 14.6 Å². The molecule has 25 heavy (non-hydrogen) atoms. The maximum absolute atomic E-state index is 11.9. The Balaban J connectivity index is 1.77. The average Bonchev–Trinajstić information content (AvgIpc) is 2.64. The third kappa shape index (κ3) is 6.57. The molecule has 2 aromatic carbocycles. The van der Waals surface area contributed by atoms with Crippen molar-refractivity contribution in [1.82, 2.24) is 5.32 Å². The van der Waals surface area contributed by atoms with E-state index in [1.807, 2.05) is 62.4 Å². The predicted octanol–water partition coefficient (Wildman–Crippen LogP) is 2.87. The molecular weight excluding hydrogens is 316 g/mol. The molecule has 0 aromatic heterocycles. The van der Waals surface area contributed by atoms with Gasteiger partial charge in [-0.15, -0.1) is 0 Å². The van der Waals surface area contributed by atoms with Gasteiger partial charge in [-0.3, -0.25) is 4.79 Å². The van der Waals surface area contributed by atoms with Gasteiger partial charge in [-0.2, -0.15) is 0 Å². The normalized spacial score (nSPS) is 11.8. The Hall–Kier alpha value is -2.37. The molecule has 0 saturated heterocycles. The molecule has 5 nitrogen and oxygen atoms in total. The third-order valence-corrected chi connectivity index (χ3v) is 3.94. The minimum absolute atomic E-state index is 0.0338. The first kappa shape index (κ1) is 19.0. The number of aliphatic hydroxyl groups is 1. The molecule has 0 aliphatic rings. The van der Waals surface area contributed by atoms with Gasteiger partial charge in [-0.05, 0) is 43.2 Å². The van der Waals surface area contributed by atoms with Crippen LogP contribution in [-0.4, -0.2) is 30.3 Å². The minimum atomic E-state index is -0.191. The summed E-state index contributed by atoms with van der Waals surface area (Å²) in [7, 11) is 0. The molecule has 1 amide bonds. The van der Waals surface area contributed by atoms with Crippen LogP contribution in [0, 0.1) is 6.92 Å². The monoisotopic (exact) mass is 342 g/mol. The Morgan fingerprint density at radius 1 is 1.12 bits per heavy atom. The molecule has 3 N–H and O–H groups in total. The van der Waals surface area contributed by atoms with Crippen molar-refractivity contribution in [2.75, 3.05) is 18.5 Å². The zero-order valence-corrected chi connectivity index (χ0v) is 14.8. The Morgan fingerprint density at radius 3 is 2.40 bits per heavy atom. The number of amides is 1. The van der Waals surface area contributed by atoms with Crippen molar-refractivity contribution in [1.29, 1.82) is 0 Å². The highest BCUT2D eigenvalue weighted by Crippen LogP contribution is 2.13. The van der Waals surface area contributed by atoms with E-state index in [4.69, 9.17) is 9.84 Å². The smallest absolute Gasteiger partial charge is 0.262 e. The summed E-state index contributed by atoms with van der Waals surface area (Å²) in [6.07, 6.45) is 0.883. The molecule has 1 atom stereocenters. The molecule has 0 unspecified atom stereocenters. The summed E-state index contributed by atoms with van der Waals surface area (Å²) in [4.78, 5) is 11.9. The highest BCUT2D eigenvalue weighted by atomic mass is 16.5. The number of hydrogen-bond acceptors (Lipinski definition) is 4. The van der Waals surface area contributed by atoms with E-state index >= 15 is 0 Å². The van der Waals surface area contributed by atoms with E-state index in [0.717, 1.165) is 23.2 Å². The van der Waals surface area contributed by atoms with Crippen LogP contribution in [0.2, 0.25) is 0 Å². The van der Waals surface area contributed by atoms with Crippen molar-refractivity contribution >= 4 is 11.6 Å². The summed E-state index contributed by atoms with van der Waals surface area (Å²) in [5.74, 6) is 0.459. The number of benzene rings is 2. The predicted molar refractivity (Wildman–Crippen MR) is 99.8 cm³/mol. The Bertz CT molecular complexity index is 650. The SMILES string of the molecule is CC[C@@H](CO)NCc1ccc(OCC(=O)Nc2ccc(C)cc2)cc1. The van der Waals surface area contributed by atoms with Crippen LogP contribution in [-0.2, 0) is 11.3 Å². The maximum Gasteiger partial charge on any atom is 0.262 e. The molecule has 0 fully saturated rings. The molecule has 0 bridgehead atoms. The van der Waals surface area contributed by atoms with Gasteiger partial charge in [0.15, 0.2) is 6.61 Å². The van der Waals surface area contributed by atoms with E-state index in [0.29, 0.717) is 12.3 Å². The number of aryl methyl sites for hydroxylation is 1. The summed E-state index contributed by atoms with van der Waals surface area (Å²) in [5.41, 5.74) is 3.01. The number of carbonyl (C=O) groups is 1. The molecule has 0 aliphatic carbocycles. The molecular formula is C20H26N2O3. The maximum atomic E-state index is 11.9. The first-order valence-corrected chi connectivity index (χ1v) is 8.53. The van der Waals surface area contributed by atoms with Crippen LogP contribution < -0.4 is 15.4 Å². The van der Waals surface area contributed by atoms with Gasteiger partial charge in [0.2, 0.25) is 0 Å². The highest BCUT2D eigenvalue weighted by molar-refractivity contribution is 5.91. The van der Waals surface area contributed by atoms with Gasteiger partial charge in [0.1, 0.15) is 5.75 Å². The van der Waals surface area contributed by atoms with Gasteiger partial charge >= 0.3 is 0 Å². The lowest BCUT2D eigenvalue weighted by Crippen LogP contribution is -2.31. The number of rotatable bonds is 9. The van der Waals surface area contributed by atoms with E-state index in [9.17, 15) is 4.79 Å². The lowest BCUT2D eigenvalue weighted by molar-refractivity contribution is -0.118. The average molecular weight is 342 g/mol. The van der Waals surface area contributed by atoms with Crippen molar-refractivity contribution in [3.63, 3.8) is 0 Å². The van der Waals surface area contributed by atoms with E-state index in [2.05, 4.69) is 10.6 Å². The molecule has 0 radical (unpaired) electrons. The number of anilines is 1. The number of carbonyl (C=O) groups excluding carboxylic acids is 1. The number of hydrogen-bond donors (Lipinski definition) is 3. The van der Waals surface area contributed by atoms with Gasteiger partial charge < -0.3 is 20.5 Å². The largest absolute Gasteiger partial charge is 0.484 e. The van der Waals surface area contributed by atoms with Crippen LogP contribution >= 0.6 is 0 Å². The first-order chi connectivity index (χ1) is 12.1. The second-order valence-electron chi connectivity index (χ2n) is 6.02. The quantitative estimate of drug-likeness (QED) is 0.655. The molecule has 0 heterocycles. The van der Waals surface area contributed by atoms with Crippen molar-refractivity contribution in [3.8, 4) is 5.75 Å². The fourth-order valence-electron chi connectivity index (χ4n) is 2.29. The van der Waals surface area contributed by atoms with Gasteiger partial charge in [-0.25, -0.2) is 0 Å². The lowest BCUT2D eigenvalue weighted by Gasteiger charge is -2.14. The summed E-state index contributed by atoms with van der Waals surface area (Å²) in [5, 5.41) is 15.2. The molecule has 0 saturated carbocycles. The van der Waals surface area contributed by atoms with E-state index in [-0.39, 0.29) is 25.2 Å². The van der Waals surface area contributed by atoms with Crippen LogP contribution in [0.1, 0.15) is 24.5 Å². The molecule has 5 heteroatoms. The molecule has 0 spiro atoms. The van der Waals surface area contributed by atoms with Gasteiger partial charge in [0.05, 0.1) is 6.61 Å². The molecule has 2 aromatic rings. The van der Waals surface area contributed by atoms with E-state index in [1.165, 1.54) is 0 Å². The summed E-state index contributed by atoms with van der Waals surface area (Å²) in [6.45, 7) is 4.82. The first-order valence-electron chi connectivity index (χ1n) is 8.53. The Morgan fingerprint density at radius 2 is 1.80 bits per heavy atom. The summed E-state index contributed by atoms with van der Waals surface area (Å²) in [6, 6.07) is 15.3. The van der Waals surface area contributed by atoms with Crippen molar-refractivity contribution in [3.05, 3.63) is 59.7 Å². The molecule has 0 aliphatic heterocycles. The number of ether oxygens (including phenoxy) is 1. The van der Waals surface area contributed by atoms with Crippen LogP contribution in [0.3, 0.4) is 0 Å². The number of nitrogens with one attached hydrogen (secondary N) is 2. The Labute approximate surface area is 149 Å². The van der Waals surface area contributed by atoms with Crippen molar-refractivity contribution in [2.24, 2.45) is 0 Å². The lowest BCUT2D eigenvalue weighted by atomic mass is 10.2. The van der Waals surface area contributed by atoms with E-state index in [1.54, 1.807) is 0 Å². The van der Waals surface area contributed by atoms with Crippen LogP contribution in [0.5, 0.6) is 5.75 Å². The molecule has 134 valence electrons. The van der Waals surface area contributed by atoms with Gasteiger partial charge in [0.25, 0.3) is 5.91 Å². The second-order valence-corrected chi connectivity index (χ2v) is 6.02. The zero-order chi connectivity index (χ0) is 18.1. The van der Waals surface area contributed by atoms with E-state index < -0.39 is 0 Å². The zero-order valence-electron chi connectivity index (χ0n) is 14.8. The summed E-state index contributed by atoms with van der Waals surface area (Å²) < 4.78 is 5.51. The topological polar surface area (TPSA) is 70.6 Å². The third-order valence-electron chi connectivity index (χ3n) is 3.94.